The van der Waals surface area contributed by atoms with Crippen LogP contribution in [0.3, 0.4) is 0 Å². The highest BCUT2D eigenvalue weighted by Gasteiger charge is 2.40. The fourth-order valence-corrected chi connectivity index (χ4v) is 3.08. The summed E-state index contributed by atoms with van der Waals surface area (Å²) in [5, 5.41) is 4.08. The average molecular weight is 364 g/mol. The molecule has 1 saturated heterocycles. The van der Waals surface area contributed by atoms with Crippen LogP contribution in [0.5, 0.6) is 5.75 Å². The number of benzene rings is 1. The molecule has 1 aromatic carbocycles. The molecular weight excluding hydrogens is 342 g/mol. The fraction of sp³-hybridized carbons (Fsp3) is 0.500. The Morgan fingerprint density at radius 3 is 3.00 bits per heavy atom. The van der Waals surface area contributed by atoms with Crippen LogP contribution in [0.2, 0.25) is 0 Å². The van der Waals surface area contributed by atoms with Crippen molar-refractivity contribution in [2.24, 2.45) is 5.41 Å². The maximum absolute atomic E-state index is 12.8. The number of amides is 1. The van der Waals surface area contributed by atoms with Gasteiger partial charge in [0.05, 0.1) is 12.5 Å². The molecule has 0 N–H and O–H groups in total. The molecule has 0 bridgehead atoms. The lowest BCUT2D eigenvalue weighted by Gasteiger charge is -2.30. The molecule has 1 aliphatic rings. The highest BCUT2D eigenvalue weighted by atomic mass is 35.5. The van der Waals surface area contributed by atoms with E-state index in [9.17, 15) is 4.79 Å². The minimum atomic E-state index is -0.611. The quantitative estimate of drug-likeness (QED) is 0.758. The molecule has 1 aromatic heterocycles. The van der Waals surface area contributed by atoms with Crippen LogP contribution in [0.4, 0.5) is 0 Å². The summed E-state index contributed by atoms with van der Waals surface area (Å²) in [6.07, 6.45) is 1.72. The number of methoxy groups -OCH3 is 1. The molecule has 1 aliphatic heterocycles. The van der Waals surface area contributed by atoms with E-state index in [0.29, 0.717) is 18.3 Å². The third kappa shape index (κ3) is 3.49. The Morgan fingerprint density at radius 2 is 2.28 bits per heavy atom. The van der Waals surface area contributed by atoms with Crippen molar-refractivity contribution < 1.29 is 14.1 Å². The number of hydrogen-bond acceptors (Lipinski definition) is 5. The van der Waals surface area contributed by atoms with E-state index in [1.807, 2.05) is 43.0 Å². The van der Waals surface area contributed by atoms with E-state index in [4.69, 9.17) is 20.9 Å². The lowest BCUT2D eigenvalue weighted by Crippen LogP contribution is -2.41. The van der Waals surface area contributed by atoms with Crippen LogP contribution in [0.1, 0.15) is 38.6 Å². The number of nitrogens with zero attached hydrogens (tertiary/aromatic N) is 3. The summed E-state index contributed by atoms with van der Waals surface area (Å²) in [5.41, 5.74) is 0.200. The van der Waals surface area contributed by atoms with Gasteiger partial charge < -0.3 is 14.2 Å². The van der Waals surface area contributed by atoms with Gasteiger partial charge in [-0.05, 0) is 38.8 Å². The zero-order valence-electron chi connectivity index (χ0n) is 14.7. The summed E-state index contributed by atoms with van der Waals surface area (Å²) < 4.78 is 10.7. The molecule has 3 rings (SSSR count). The first kappa shape index (κ1) is 17.7. The number of halogens is 1. The number of carbonyl (C=O) groups excluding carboxylic acids is 1. The van der Waals surface area contributed by atoms with Gasteiger partial charge in [0.25, 0.3) is 0 Å². The van der Waals surface area contributed by atoms with Crippen molar-refractivity contribution in [1.29, 1.82) is 0 Å². The minimum Gasteiger partial charge on any atom is -0.497 e. The molecular formula is C18H22ClN3O3. The summed E-state index contributed by atoms with van der Waals surface area (Å²) in [5.74, 6) is 1.98. The molecule has 7 heteroatoms. The Morgan fingerprint density at radius 1 is 1.48 bits per heavy atom. The maximum Gasteiger partial charge on any atom is 0.249 e. The van der Waals surface area contributed by atoms with Crippen LogP contribution in [0.25, 0.3) is 11.4 Å². The van der Waals surface area contributed by atoms with Crippen LogP contribution in [-0.4, -0.2) is 40.5 Å². The third-order valence-electron chi connectivity index (χ3n) is 4.48. The van der Waals surface area contributed by atoms with Gasteiger partial charge in [0.15, 0.2) is 0 Å². The Labute approximate surface area is 152 Å². The molecule has 6 nitrogen and oxygen atoms in total. The van der Waals surface area contributed by atoms with Crippen LogP contribution < -0.4 is 4.74 Å². The monoisotopic (exact) mass is 363 g/mol. The highest BCUT2D eigenvalue weighted by molar-refractivity contribution is 6.19. The zero-order chi connectivity index (χ0) is 18.0. The number of ether oxygens (including phenoxy) is 1. The SMILES string of the molecule is COc1cccc(-c2noc([C@H]3CCCN3C(=O)C(C)(C)CCl)n2)c1. The molecule has 1 fully saturated rings. The predicted molar refractivity (Wildman–Crippen MR) is 94.5 cm³/mol. The standard InChI is InChI=1S/C18H22ClN3O3/c1-18(2,11-19)17(23)22-9-5-8-14(22)16-20-15(21-25-16)12-6-4-7-13(10-12)24-3/h4,6-7,10,14H,5,8-9,11H2,1-3H3/t14-/m1/s1. The second-order valence-electron chi connectivity index (χ2n) is 6.86. The van der Waals surface area contributed by atoms with Gasteiger partial charge in [-0.2, -0.15) is 4.98 Å². The number of alkyl halides is 1. The average Bonchev–Trinajstić information content (AvgIpc) is 3.30. The first-order valence-corrected chi connectivity index (χ1v) is 8.85. The minimum absolute atomic E-state index is 0.0196. The molecule has 1 atom stereocenters. The summed E-state index contributed by atoms with van der Waals surface area (Å²) in [6.45, 7) is 4.39. The smallest absolute Gasteiger partial charge is 0.249 e. The second kappa shape index (κ2) is 7.04. The number of rotatable bonds is 5. The van der Waals surface area contributed by atoms with Crippen molar-refractivity contribution >= 4 is 17.5 Å². The van der Waals surface area contributed by atoms with Crippen molar-refractivity contribution in [2.45, 2.75) is 32.7 Å². The van der Waals surface area contributed by atoms with Crippen LogP contribution in [-0.2, 0) is 4.79 Å². The Bertz CT molecular complexity index is 760. The molecule has 0 saturated carbocycles. The Kier molecular flexibility index (Phi) is 4.99. The lowest BCUT2D eigenvalue weighted by atomic mass is 9.94. The summed E-state index contributed by atoms with van der Waals surface area (Å²) in [7, 11) is 1.61. The predicted octanol–water partition coefficient (Wildman–Crippen LogP) is 3.67. The molecule has 0 radical (unpaired) electrons. The molecule has 25 heavy (non-hydrogen) atoms. The first-order chi connectivity index (χ1) is 12.0. The van der Waals surface area contributed by atoms with Gasteiger partial charge in [-0.15, -0.1) is 11.6 Å². The molecule has 2 heterocycles. The fourth-order valence-electron chi connectivity index (χ4n) is 2.96. The van der Waals surface area contributed by atoms with Crippen molar-refractivity contribution in [3.8, 4) is 17.1 Å². The van der Waals surface area contributed by atoms with Gasteiger partial charge in [-0.25, -0.2) is 0 Å². The Hall–Kier alpha value is -2.08. The van der Waals surface area contributed by atoms with E-state index in [-0.39, 0.29) is 17.8 Å². The van der Waals surface area contributed by atoms with Gasteiger partial charge in [0, 0.05) is 18.0 Å². The molecule has 134 valence electrons. The van der Waals surface area contributed by atoms with Crippen LogP contribution in [0, 0.1) is 5.41 Å². The van der Waals surface area contributed by atoms with Crippen LogP contribution in [0.15, 0.2) is 28.8 Å². The lowest BCUT2D eigenvalue weighted by molar-refractivity contribution is -0.140. The van der Waals surface area contributed by atoms with E-state index >= 15 is 0 Å². The first-order valence-electron chi connectivity index (χ1n) is 8.31. The zero-order valence-corrected chi connectivity index (χ0v) is 15.4. The van der Waals surface area contributed by atoms with Gasteiger partial charge in [0.2, 0.25) is 17.6 Å². The summed E-state index contributed by atoms with van der Waals surface area (Å²) in [4.78, 5) is 19.1. The highest BCUT2D eigenvalue weighted by Crippen LogP contribution is 2.36. The summed E-state index contributed by atoms with van der Waals surface area (Å²) >= 11 is 5.96. The van der Waals surface area contributed by atoms with E-state index < -0.39 is 5.41 Å². The number of aromatic nitrogens is 2. The number of hydrogen-bond donors (Lipinski definition) is 0. The molecule has 0 spiro atoms. The van der Waals surface area contributed by atoms with Crippen molar-refractivity contribution in [1.82, 2.24) is 15.0 Å². The van der Waals surface area contributed by atoms with Gasteiger partial charge in [-0.1, -0.05) is 17.3 Å². The molecule has 1 amide bonds. The topological polar surface area (TPSA) is 68.5 Å². The summed E-state index contributed by atoms with van der Waals surface area (Å²) in [6, 6.07) is 7.28. The van der Waals surface area contributed by atoms with Gasteiger partial charge >= 0.3 is 0 Å². The van der Waals surface area contributed by atoms with Crippen molar-refractivity contribution in [3.05, 3.63) is 30.2 Å². The van der Waals surface area contributed by atoms with E-state index in [0.717, 1.165) is 24.2 Å². The van der Waals surface area contributed by atoms with Crippen LogP contribution >= 0.6 is 11.6 Å². The number of likely N-dealkylation sites (tertiary alicyclic amines) is 1. The maximum atomic E-state index is 12.8. The third-order valence-corrected chi connectivity index (χ3v) is 5.15. The molecule has 0 unspecified atom stereocenters. The molecule has 0 aliphatic carbocycles. The van der Waals surface area contributed by atoms with E-state index in [2.05, 4.69) is 10.1 Å². The van der Waals surface area contributed by atoms with Crippen molar-refractivity contribution in [2.75, 3.05) is 19.5 Å². The Balaban J connectivity index is 1.85. The normalized spacial score (nSPS) is 17.8. The van der Waals surface area contributed by atoms with Crippen molar-refractivity contribution in [3.63, 3.8) is 0 Å². The van der Waals surface area contributed by atoms with Gasteiger partial charge in [-0.3, -0.25) is 4.79 Å². The van der Waals surface area contributed by atoms with E-state index in [1.54, 1.807) is 7.11 Å². The molecule has 2 aromatic rings. The van der Waals surface area contributed by atoms with Gasteiger partial charge in [0.1, 0.15) is 11.8 Å². The van der Waals surface area contributed by atoms with E-state index in [1.165, 1.54) is 0 Å². The number of carbonyl (C=O) groups is 1. The second-order valence-corrected chi connectivity index (χ2v) is 7.13. The largest absolute Gasteiger partial charge is 0.497 e.